The Morgan fingerprint density at radius 3 is 2.63 bits per heavy atom. The first-order valence-electron chi connectivity index (χ1n) is 6.22. The molecule has 0 bridgehead atoms. The summed E-state index contributed by atoms with van der Waals surface area (Å²) in [6, 6.07) is 9.93. The minimum absolute atomic E-state index is 0.00909. The Labute approximate surface area is 111 Å². The molecule has 0 saturated carbocycles. The van der Waals surface area contributed by atoms with Crippen molar-refractivity contribution >= 4 is 5.91 Å². The van der Waals surface area contributed by atoms with Gasteiger partial charge in [0, 0.05) is 0 Å². The highest BCUT2D eigenvalue weighted by atomic mass is 16.2. The Balaban J connectivity index is 2.03. The molecule has 1 atom stereocenters. The second-order valence-electron chi connectivity index (χ2n) is 4.71. The van der Waals surface area contributed by atoms with Crippen LogP contribution >= 0.6 is 0 Å². The van der Waals surface area contributed by atoms with Gasteiger partial charge in [-0.2, -0.15) is 0 Å². The average Bonchev–Trinajstić information content (AvgIpc) is 2.89. The van der Waals surface area contributed by atoms with Crippen molar-refractivity contribution in [1.29, 1.82) is 0 Å². The molecule has 6 nitrogen and oxygen atoms in total. The molecule has 0 aliphatic carbocycles. The van der Waals surface area contributed by atoms with Crippen molar-refractivity contribution < 1.29 is 4.79 Å². The lowest BCUT2D eigenvalue weighted by molar-refractivity contribution is -0.123. The van der Waals surface area contributed by atoms with Crippen molar-refractivity contribution in [3.63, 3.8) is 0 Å². The maximum Gasteiger partial charge on any atom is 0.242 e. The molecule has 0 spiro atoms. The predicted octanol–water partition coefficient (Wildman–Crippen LogP) is 1.19. The number of carbonyl (C=O) groups excluding carboxylic acids is 1. The lowest BCUT2D eigenvalue weighted by Gasteiger charge is -2.22. The first-order chi connectivity index (χ1) is 9.16. The third-order valence-electron chi connectivity index (χ3n) is 2.84. The minimum Gasteiger partial charge on any atom is -0.347 e. The van der Waals surface area contributed by atoms with E-state index in [-0.39, 0.29) is 18.5 Å². The van der Waals surface area contributed by atoms with Gasteiger partial charge in [-0.15, -0.1) is 5.10 Å². The zero-order chi connectivity index (χ0) is 13.7. The Bertz CT molecular complexity index is 509. The molecular formula is C13H17N5O. The Morgan fingerprint density at radius 2 is 2.05 bits per heavy atom. The highest BCUT2D eigenvalue weighted by Crippen LogP contribution is 2.21. The van der Waals surface area contributed by atoms with Crippen LogP contribution in [0.5, 0.6) is 0 Å². The molecule has 1 heterocycles. The molecule has 0 radical (unpaired) electrons. The molecule has 100 valence electrons. The first-order valence-corrected chi connectivity index (χ1v) is 6.22. The van der Waals surface area contributed by atoms with Gasteiger partial charge in [0.05, 0.1) is 6.04 Å². The van der Waals surface area contributed by atoms with Gasteiger partial charge in [0.2, 0.25) is 5.91 Å². The summed E-state index contributed by atoms with van der Waals surface area (Å²) in [7, 11) is 0. The summed E-state index contributed by atoms with van der Waals surface area (Å²) in [6.07, 6.45) is 1.42. The molecule has 1 N–H and O–H groups in total. The largest absolute Gasteiger partial charge is 0.347 e. The molecule has 0 aliphatic rings. The summed E-state index contributed by atoms with van der Waals surface area (Å²) in [5.41, 5.74) is 1.10. The Hall–Kier alpha value is -2.24. The molecule has 1 amide bonds. The van der Waals surface area contributed by atoms with Gasteiger partial charge < -0.3 is 5.32 Å². The van der Waals surface area contributed by atoms with Gasteiger partial charge >= 0.3 is 0 Å². The van der Waals surface area contributed by atoms with Crippen molar-refractivity contribution in [2.45, 2.75) is 26.4 Å². The van der Waals surface area contributed by atoms with Crippen LogP contribution in [0.3, 0.4) is 0 Å². The van der Waals surface area contributed by atoms with E-state index in [4.69, 9.17) is 0 Å². The van der Waals surface area contributed by atoms with Gasteiger partial charge in [0.15, 0.2) is 0 Å². The van der Waals surface area contributed by atoms with E-state index in [0.717, 1.165) is 5.56 Å². The van der Waals surface area contributed by atoms with Crippen LogP contribution in [0, 0.1) is 5.92 Å². The summed E-state index contributed by atoms with van der Waals surface area (Å²) in [5.74, 6) is 0.204. The molecule has 0 saturated heterocycles. The fourth-order valence-electron chi connectivity index (χ4n) is 1.91. The molecule has 19 heavy (non-hydrogen) atoms. The highest BCUT2D eigenvalue weighted by Gasteiger charge is 2.18. The standard InChI is InChI=1S/C13H17N5O/c1-10(2)13(11-6-4-3-5-7-11)15-12(19)8-18-9-14-16-17-18/h3-7,9-10,13H,8H2,1-2H3,(H,15,19)/t13-/m0/s1. The highest BCUT2D eigenvalue weighted by molar-refractivity contribution is 5.76. The van der Waals surface area contributed by atoms with E-state index in [1.807, 2.05) is 30.3 Å². The van der Waals surface area contributed by atoms with Crippen LogP contribution in [0.15, 0.2) is 36.7 Å². The summed E-state index contributed by atoms with van der Waals surface area (Å²) in [4.78, 5) is 12.0. The zero-order valence-corrected chi connectivity index (χ0v) is 11.0. The van der Waals surface area contributed by atoms with E-state index in [1.165, 1.54) is 11.0 Å². The van der Waals surface area contributed by atoms with Crippen LogP contribution in [0.25, 0.3) is 0 Å². The quantitative estimate of drug-likeness (QED) is 0.875. The fourth-order valence-corrected chi connectivity index (χ4v) is 1.91. The number of nitrogens with zero attached hydrogens (tertiary/aromatic N) is 4. The van der Waals surface area contributed by atoms with Crippen LogP contribution in [-0.4, -0.2) is 26.1 Å². The number of carbonyl (C=O) groups is 1. The molecule has 1 aromatic heterocycles. The van der Waals surface area contributed by atoms with E-state index in [1.54, 1.807) is 0 Å². The molecule has 0 unspecified atom stereocenters. The Morgan fingerprint density at radius 1 is 1.32 bits per heavy atom. The predicted molar refractivity (Wildman–Crippen MR) is 70.0 cm³/mol. The summed E-state index contributed by atoms with van der Waals surface area (Å²) < 4.78 is 1.40. The number of aromatic nitrogens is 4. The first kappa shape index (κ1) is 13.2. The van der Waals surface area contributed by atoms with Crippen LogP contribution in [0.4, 0.5) is 0 Å². The van der Waals surface area contributed by atoms with E-state index in [9.17, 15) is 4.79 Å². The molecule has 0 aliphatic heterocycles. The summed E-state index contributed by atoms with van der Waals surface area (Å²) >= 11 is 0. The number of benzene rings is 1. The molecule has 6 heteroatoms. The topological polar surface area (TPSA) is 72.7 Å². The SMILES string of the molecule is CC(C)[C@H](NC(=O)Cn1cnnn1)c1ccccc1. The van der Waals surface area contributed by atoms with Gasteiger partial charge in [-0.25, -0.2) is 4.68 Å². The number of hydrogen-bond acceptors (Lipinski definition) is 4. The van der Waals surface area contributed by atoms with Gasteiger partial charge in [-0.3, -0.25) is 4.79 Å². The van der Waals surface area contributed by atoms with Crippen molar-refractivity contribution in [3.05, 3.63) is 42.2 Å². The maximum atomic E-state index is 12.0. The number of amides is 1. The number of nitrogens with one attached hydrogen (secondary N) is 1. The van der Waals surface area contributed by atoms with Crippen molar-refractivity contribution in [2.75, 3.05) is 0 Å². The van der Waals surface area contributed by atoms with Crippen molar-refractivity contribution in [2.24, 2.45) is 5.92 Å². The van der Waals surface area contributed by atoms with Crippen LogP contribution in [0.1, 0.15) is 25.5 Å². The molecule has 2 aromatic rings. The summed E-state index contributed by atoms with van der Waals surface area (Å²) in [5, 5.41) is 13.7. The lowest BCUT2D eigenvalue weighted by atomic mass is 9.96. The fraction of sp³-hybridized carbons (Fsp3) is 0.385. The number of tetrazole rings is 1. The van der Waals surface area contributed by atoms with E-state index in [0.29, 0.717) is 5.92 Å². The second-order valence-corrected chi connectivity index (χ2v) is 4.71. The van der Waals surface area contributed by atoms with Gasteiger partial charge in [0.1, 0.15) is 12.9 Å². The minimum atomic E-state index is -0.102. The normalized spacial score (nSPS) is 12.4. The van der Waals surface area contributed by atoms with Gasteiger partial charge in [0.25, 0.3) is 0 Å². The van der Waals surface area contributed by atoms with Crippen LogP contribution in [0.2, 0.25) is 0 Å². The smallest absolute Gasteiger partial charge is 0.242 e. The van der Waals surface area contributed by atoms with Gasteiger partial charge in [-0.1, -0.05) is 44.2 Å². The number of rotatable bonds is 5. The monoisotopic (exact) mass is 259 g/mol. The molecule has 2 rings (SSSR count). The maximum absolute atomic E-state index is 12.0. The second kappa shape index (κ2) is 6.08. The van der Waals surface area contributed by atoms with Crippen LogP contribution in [-0.2, 0) is 11.3 Å². The molecule has 1 aromatic carbocycles. The van der Waals surface area contributed by atoms with Crippen LogP contribution < -0.4 is 5.32 Å². The lowest BCUT2D eigenvalue weighted by Crippen LogP contribution is -2.34. The number of hydrogen-bond donors (Lipinski definition) is 1. The van der Waals surface area contributed by atoms with Crippen molar-refractivity contribution in [3.8, 4) is 0 Å². The Kier molecular flexibility index (Phi) is 4.22. The van der Waals surface area contributed by atoms with Gasteiger partial charge in [-0.05, 0) is 21.9 Å². The van der Waals surface area contributed by atoms with E-state index in [2.05, 4.69) is 34.7 Å². The van der Waals surface area contributed by atoms with Crippen molar-refractivity contribution in [1.82, 2.24) is 25.5 Å². The molecular weight excluding hydrogens is 242 g/mol. The zero-order valence-electron chi connectivity index (χ0n) is 11.0. The third kappa shape index (κ3) is 3.61. The molecule has 0 fully saturated rings. The summed E-state index contributed by atoms with van der Waals surface area (Å²) in [6.45, 7) is 4.28. The average molecular weight is 259 g/mol. The van der Waals surface area contributed by atoms with E-state index < -0.39 is 0 Å². The third-order valence-corrected chi connectivity index (χ3v) is 2.84. The van der Waals surface area contributed by atoms with E-state index >= 15 is 0 Å².